The predicted molar refractivity (Wildman–Crippen MR) is 101 cm³/mol. The van der Waals surface area contributed by atoms with E-state index >= 15 is 0 Å². The molecule has 1 atom stereocenters. The molecule has 1 aromatic carbocycles. The zero-order chi connectivity index (χ0) is 18.0. The first-order valence-corrected chi connectivity index (χ1v) is 10.7. The van der Waals surface area contributed by atoms with Crippen molar-refractivity contribution in [1.82, 2.24) is 9.21 Å². The number of sulfonamides is 1. The molecule has 1 aromatic heterocycles. The summed E-state index contributed by atoms with van der Waals surface area (Å²) < 4.78 is 27.2. The third-order valence-electron chi connectivity index (χ3n) is 4.33. The lowest BCUT2D eigenvalue weighted by molar-refractivity contribution is 0.0921. The van der Waals surface area contributed by atoms with Gasteiger partial charge in [0.25, 0.3) is 10.0 Å². The number of nitrogens with zero attached hydrogens (tertiary/aromatic N) is 2. The van der Waals surface area contributed by atoms with Crippen LogP contribution in [0.15, 0.2) is 40.6 Å². The van der Waals surface area contributed by atoms with Gasteiger partial charge in [0.05, 0.1) is 6.10 Å². The Hall–Kier alpha value is -0.960. The summed E-state index contributed by atoms with van der Waals surface area (Å²) >= 11 is 7.17. The molecular formula is C17H21ClN2O3S2. The van der Waals surface area contributed by atoms with E-state index in [1.54, 1.807) is 18.2 Å². The fourth-order valence-electron chi connectivity index (χ4n) is 2.87. The molecule has 136 valence electrons. The molecule has 1 aliphatic heterocycles. The highest BCUT2D eigenvalue weighted by molar-refractivity contribution is 7.91. The van der Waals surface area contributed by atoms with Crippen LogP contribution in [0, 0.1) is 6.92 Å². The first kappa shape index (κ1) is 18.8. The SMILES string of the molecule is Cc1ccc(S(=O)(=O)N2CCN(CC(O)c3ccc(Cl)cc3)CC2)s1. The molecular weight excluding hydrogens is 380 g/mol. The molecule has 1 N–H and O–H groups in total. The number of thiophene rings is 1. The molecule has 0 amide bonds. The van der Waals surface area contributed by atoms with Gasteiger partial charge in [0.15, 0.2) is 0 Å². The Morgan fingerprint density at radius 3 is 2.32 bits per heavy atom. The lowest BCUT2D eigenvalue weighted by atomic mass is 10.1. The van der Waals surface area contributed by atoms with Crippen LogP contribution in [-0.4, -0.2) is 55.5 Å². The van der Waals surface area contributed by atoms with Crippen LogP contribution < -0.4 is 0 Å². The fraction of sp³-hybridized carbons (Fsp3) is 0.412. The molecule has 0 radical (unpaired) electrons. The molecule has 1 fully saturated rings. The number of rotatable bonds is 5. The number of hydrogen-bond acceptors (Lipinski definition) is 5. The molecule has 0 spiro atoms. The monoisotopic (exact) mass is 400 g/mol. The average Bonchev–Trinajstić information content (AvgIpc) is 3.03. The van der Waals surface area contributed by atoms with Gasteiger partial charge >= 0.3 is 0 Å². The van der Waals surface area contributed by atoms with Crippen LogP contribution in [-0.2, 0) is 10.0 Å². The smallest absolute Gasteiger partial charge is 0.252 e. The van der Waals surface area contributed by atoms with Crippen LogP contribution in [0.25, 0.3) is 0 Å². The Morgan fingerprint density at radius 1 is 1.12 bits per heavy atom. The molecule has 8 heteroatoms. The summed E-state index contributed by atoms with van der Waals surface area (Å²) in [5.74, 6) is 0. The van der Waals surface area contributed by atoms with Gasteiger partial charge in [0, 0.05) is 42.6 Å². The van der Waals surface area contributed by atoms with Crippen molar-refractivity contribution in [3.8, 4) is 0 Å². The van der Waals surface area contributed by atoms with Crippen LogP contribution >= 0.6 is 22.9 Å². The van der Waals surface area contributed by atoms with Gasteiger partial charge in [-0.15, -0.1) is 11.3 Å². The first-order chi connectivity index (χ1) is 11.9. The van der Waals surface area contributed by atoms with E-state index in [1.165, 1.54) is 15.6 Å². The molecule has 0 aliphatic carbocycles. The van der Waals surface area contributed by atoms with E-state index in [0.29, 0.717) is 42.0 Å². The van der Waals surface area contributed by atoms with Crippen molar-refractivity contribution < 1.29 is 13.5 Å². The van der Waals surface area contributed by atoms with Gasteiger partial charge in [-0.25, -0.2) is 8.42 Å². The third kappa shape index (κ3) is 4.42. The third-order valence-corrected chi connectivity index (χ3v) is 7.95. The molecule has 3 rings (SSSR count). The lowest BCUT2D eigenvalue weighted by Gasteiger charge is -2.34. The van der Waals surface area contributed by atoms with E-state index in [-0.39, 0.29) is 0 Å². The molecule has 2 aromatic rings. The van der Waals surface area contributed by atoms with Crippen molar-refractivity contribution in [2.45, 2.75) is 17.2 Å². The second-order valence-electron chi connectivity index (χ2n) is 6.14. The van der Waals surface area contributed by atoms with Crippen molar-refractivity contribution in [2.24, 2.45) is 0 Å². The van der Waals surface area contributed by atoms with E-state index in [0.717, 1.165) is 10.4 Å². The summed E-state index contributed by atoms with van der Waals surface area (Å²) in [6.07, 6.45) is -0.611. The molecule has 0 bridgehead atoms. The van der Waals surface area contributed by atoms with Crippen molar-refractivity contribution >= 4 is 33.0 Å². The molecule has 0 saturated carbocycles. The zero-order valence-electron chi connectivity index (χ0n) is 13.9. The van der Waals surface area contributed by atoms with Crippen LogP contribution in [0.5, 0.6) is 0 Å². The van der Waals surface area contributed by atoms with Gasteiger partial charge in [0.1, 0.15) is 4.21 Å². The van der Waals surface area contributed by atoms with Gasteiger partial charge in [-0.1, -0.05) is 23.7 Å². The molecule has 1 unspecified atom stereocenters. The van der Waals surface area contributed by atoms with Crippen molar-refractivity contribution in [3.05, 3.63) is 51.9 Å². The van der Waals surface area contributed by atoms with Crippen LogP contribution in [0.1, 0.15) is 16.5 Å². The molecule has 25 heavy (non-hydrogen) atoms. The average molecular weight is 401 g/mol. The van der Waals surface area contributed by atoms with E-state index in [2.05, 4.69) is 4.90 Å². The van der Waals surface area contributed by atoms with E-state index < -0.39 is 16.1 Å². The van der Waals surface area contributed by atoms with E-state index in [1.807, 2.05) is 25.1 Å². The van der Waals surface area contributed by atoms with Gasteiger partial charge in [-0.2, -0.15) is 4.31 Å². The topological polar surface area (TPSA) is 60.9 Å². The molecule has 2 heterocycles. The largest absolute Gasteiger partial charge is 0.387 e. The van der Waals surface area contributed by atoms with Crippen LogP contribution in [0.2, 0.25) is 5.02 Å². The van der Waals surface area contributed by atoms with Crippen molar-refractivity contribution in [1.29, 1.82) is 0 Å². The van der Waals surface area contributed by atoms with Crippen molar-refractivity contribution in [3.63, 3.8) is 0 Å². The number of aryl methyl sites for hydroxylation is 1. The summed E-state index contributed by atoms with van der Waals surface area (Å²) in [5, 5.41) is 11.0. The summed E-state index contributed by atoms with van der Waals surface area (Å²) in [7, 11) is -3.40. The number of halogens is 1. The Bertz CT molecular complexity index is 813. The molecule has 5 nitrogen and oxygen atoms in total. The number of hydrogen-bond donors (Lipinski definition) is 1. The van der Waals surface area contributed by atoms with E-state index in [4.69, 9.17) is 11.6 Å². The fourth-order valence-corrected chi connectivity index (χ4v) is 5.85. The van der Waals surface area contributed by atoms with Crippen LogP contribution in [0.4, 0.5) is 0 Å². The minimum Gasteiger partial charge on any atom is -0.387 e. The van der Waals surface area contributed by atoms with Crippen molar-refractivity contribution in [2.75, 3.05) is 32.7 Å². The molecule has 1 aliphatic rings. The number of β-amino-alcohol motifs (C(OH)–C–C–N with tert-alkyl or cyclic N) is 1. The predicted octanol–water partition coefficient (Wildman–Crippen LogP) is 2.75. The van der Waals surface area contributed by atoms with E-state index in [9.17, 15) is 13.5 Å². The summed E-state index contributed by atoms with van der Waals surface area (Å²) in [6.45, 7) is 4.47. The quantitative estimate of drug-likeness (QED) is 0.838. The Labute approximate surface area is 157 Å². The van der Waals surface area contributed by atoms with Crippen LogP contribution in [0.3, 0.4) is 0 Å². The highest BCUT2D eigenvalue weighted by atomic mass is 35.5. The highest BCUT2D eigenvalue weighted by Gasteiger charge is 2.30. The number of piperazine rings is 1. The minimum atomic E-state index is -3.40. The zero-order valence-corrected chi connectivity index (χ0v) is 16.3. The Kier molecular flexibility index (Phi) is 5.82. The maximum Gasteiger partial charge on any atom is 0.252 e. The standard InChI is InChI=1S/C17H21ClN2O3S2/c1-13-2-7-17(24-13)25(22,23)20-10-8-19(9-11-20)12-16(21)14-3-5-15(18)6-4-14/h2-7,16,21H,8-12H2,1H3. The molecule has 1 saturated heterocycles. The number of aliphatic hydroxyl groups is 1. The first-order valence-electron chi connectivity index (χ1n) is 8.09. The number of benzene rings is 1. The second-order valence-corrected chi connectivity index (χ2v) is 10.0. The Morgan fingerprint density at radius 2 is 1.76 bits per heavy atom. The maximum atomic E-state index is 12.6. The minimum absolute atomic E-state index is 0.402. The van der Waals surface area contributed by atoms with Gasteiger partial charge in [0.2, 0.25) is 0 Å². The summed E-state index contributed by atoms with van der Waals surface area (Å²) in [4.78, 5) is 3.08. The van der Waals surface area contributed by atoms with Gasteiger partial charge < -0.3 is 5.11 Å². The maximum absolute atomic E-state index is 12.6. The summed E-state index contributed by atoms with van der Waals surface area (Å²) in [6, 6.07) is 10.6. The van der Waals surface area contributed by atoms with Gasteiger partial charge in [-0.3, -0.25) is 4.90 Å². The second kappa shape index (κ2) is 7.73. The van der Waals surface area contributed by atoms with Gasteiger partial charge in [-0.05, 0) is 36.8 Å². The highest BCUT2D eigenvalue weighted by Crippen LogP contribution is 2.25. The Balaban J connectivity index is 1.57. The number of aliphatic hydroxyl groups excluding tert-OH is 1. The lowest BCUT2D eigenvalue weighted by Crippen LogP contribution is -2.49. The summed E-state index contributed by atoms with van der Waals surface area (Å²) in [5.41, 5.74) is 0.813. The normalized spacial score (nSPS) is 18.4.